The van der Waals surface area contributed by atoms with Crippen LogP contribution in [0, 0.1) is 19.8 Å². The number of furan rings is 1. The van der Waals surface area contributed by atoms with E-state index >= 15 is 0 Å². The lowest BCUT2D eigenvalue weighted by molar-refractivity contribution is 0.0888. The van der Waals surface area contributed by atoms with Crippen molar-refractivity contribution in [3.63, 3.8) is 0 Å². The Morgan fingerprint density at radius 1 is 1.18 bits per heavy atom. The third-order valence-corrected chi connectivity index (χ3v) is 4.80. The van der Waals surface area contributed by atoms with Crippen molar-refractivity contribution < 1.29 is 14.3 Å². The molecule has 0 atom stereocenters. The highest BCUT2D eigenvalue weighted by atomic mass is 16.3. The molecule has 0 aliphatic heterocycles. The van der Waals surface area contributed by atoms with Crippen LogP contribution in [0.1, 0.15) is 47.4 Å². The second kappa shape index (κ2) is 6.13. The van der Waals surface area contributed by atoms with Gasteiger partial charge < -0.3 is 14.8 Å². The minimum absolute atomic E-state index is 0.140. The predicted octanol–water partition coefficient (Wildman–Crippen LogP) is 3.33. The first-order valence-corrected chi connectivity index (χ1v) is 7.99. The number of benzene rings is 1. The Bertz CT molecular complexity index is 642. The van der Waals surface area contributed by atoms with Crippen molar-refractivity contribution in [3.8, 4) is 0 Å². The summed E-state index contributed by atoms with van der Waals surface area (Å²) in [5, 5.41) is 13.2. The molecule has 0 spiro atoms. The number of amides is 1. The van der Waals surface area contributed by atoms with Crippen molar-refractivity contribution in [2.45, 2.75) is 45.6 Å². The van der Waals surface area contributed by atoms with Gasteiger partial charge in [0.05, 0.1) is 0 Å². The molecular weight excluding hydrogens is 278 g/mol. The zero-order valence-corrected chi connectivity index (χ0v) is 13.2. The van der Waals surface area contributed by atoms with Crippen molar-refractivity contribution >= 4 is 16.9 Å². The summed E-state index contributed by atoms with van der Waals surface area (Å²) in [4.78, 5) is 12.3. The first kappa shape index (κ1) is 15.1. The van der Waals surface area contributed by atoms with Crippen molar-refractivity contribution in [1.29, 1.82) is 0 Å². The Morgan fingerprint density at radius 3 is 2.55 bits per heavy atom. The first-order chi connectivity index (χ1) is 10.6. The van der Waals surface area contributed by atoms with Crippen LogP contribution in [0.5, 0.6) is 0 Å². The van der Waals surface area contributed by atoms with Gasteiger partial charge in [-0.2, -0.15) is 0 Å². The van der Waals surface area contributed by atoms with Crippen LogP contribution in [0.4, 0.5) is 0 Å². The lowest BCUT2D eigenvalue weighted by Crippen LogP contribution is -2.37. The third-order valence-electron chi connectivity index (χ3n) is 4.80. The maximum Gasteiger partial charge on any atom is 0.287 e. The molecule has 0 bridgehead atoms. The minimum Gasteiger partial charge on any atom is -0.451 e. The zero-order chi connectivity index (χ0) is 15.7. The number of nitrogens with one attached hydrogen (secondary N) is 1. The number of aliphatic hydroxyl groups is 1. The van der Waals surface area contributed by atoms with E-state index in [-0.39, 0.29) is 18.6 Å². The van der Waals surface area contributed by atoms with Gasteiger partial charge in [-0.25, -0.2) is 0 Å². The maximum absolute atomic E-state index is 12.3. The normalized spacial score (nSPS) is 22.0. The van der Waals surface area contributed by atoms with Gasteiger partial charge in [-0.05, 0) is 74.8 Å². The molecule has 1 aliphatic rings. The second-order valence-electron chi connectivity index (χ2n) is 6.46. The van der Waals surface area contributed by atoms with Crippen LogP contribution < -0.4 is 5.32 Å². The number of fused-ring (bicyclic) bond motifs is 1. The molecule has 0 radical (unpaired) electrons. The van der Waals surface area contributed by atoms with Gasteiger partial charge in [0.15, 0.2) is 5.76 Å². The Balaban J connectivity index is 1.70. The van der Waals surface area contributed by atoms with E-state index in [0.717, 1.165) is 42.2 Å². The van der Waals surface area contributed by atoms with Crippen LogP contribution in [0.3, 0.4) is 0 Å². The van der Waals surface area contributed by atoms with Crippen LogP contribution in [-0.4, -0.2) is 23.7 Å². The Morgan fingerprint density at radius 2 is 1.86 bits per heavy atom. The largest absolute Gasteiger partial charge is 0.451 e. The van der Waals surface area contributed by atoms with Gasteiger partial charge in [-0.1, -0.05) is 0 Å². The van der Waals surface area contributed by atoms with Crippen LogP contribution in [0.25, 0.3) is 11.0 Å². The number of hydrogen-bond donors (Lipinski definition) is 2. The number of carbonyl (C=O) groups is 1. The van der Waals surface area contributed by atoms with Gasteiger partial charge in [0.2, 0.25) is 0 Å². The fraction of sp³-hybridized carbons (Fsp3) is 0.500. The molecule has 1 saturated carbocycles. The number of hydrogen-bond acceptors (Lipinski definition) is 3. The number of aliphatic hydroxyl groups excluding tert-OH is 1. The molecule has 4 heteroatoms. The van der Waals surface area contributed by atoms with E-state index in [1.807, 2.05) is 19.1 Å². The molecule has 1 aromatic heterocycles. The SMILES string of the molecule is Cc1cc2cc(C(=O)NC3CCC(CO)CC3)oc2cc1C. The standard InChI is InChI=1S/C18H23NO3/c1-11-7-14-9-17(22-16(14)8-12(11)2)18(21)19-15-5-3-13(10-20)4-6-15/h7-9,13,15,20H,3-6,10H2,1-2H3,(H,19,21). The van der Waals surface area contributed by atoms with Crippen molar-refractivity contribution in [1.82, 2.24) is 5.32 Å². The molecule has 1 heterocycles. The smallest absolute Gasteiger partial charge is 0.287 e. The summed E-state index contributed by atoms with van der Waals surface area (Å²) in [7, 11) is 0. The summed E-state index contributed by atoms with van der Waals surface area (Å²) >= 11 is 0. The number of carbonyl (C=O) groups excluding carboxylic acids is 1. The quantitative estimate of drug-likeness (QED) is 0.914. The van der Waals surface area contributed by atoms with Crippen molar-refractivity contribution in [2.75, 3.05) is 6.61 Å². The lowest BCUT2D eigenvalue weighted by atomic mass is 9.86. The molecule has 118 valence electrons. The van der Waals surface area contributed by atoms with Crippen molar-refractivity contribution in [3.05, 3.63) is 35.1 Å². The van der Waals surface area contributed by atoms with Crippen LogP contribution in [0.2, 0.25) is 0 Å². The molecule has 0 saturated heterocycles. The molecule has 1 fully saturated rings. The molecule has 2 aromatic rings. The van der Waals surface area contributed by atoms with Gasteiger partial charge in [-0.3, -0.25) is 4.79 Å². The molecule has 0 unspecified atom stereocenters. The summed E-state index contributed by atoms with van der Waals surface area (Å²) in [5.74, 6) is 0.633. The summed E-state index contributed by atoms with van der Waals surface area (Å²) < 4.78 is 5.70. The molecule has 1 aliphatic carbocycles. The van der Waals surface area contributed by atoms with E-state index < -0.39 is 0 Å². The van der Waals surface area contributed by atoms with E-state index in [4.69, 9.17) is 9.52 Å². The van der Waals surface area contributed by atoms with Crippen molar-refractivity contribution in [2.24, 2.45) is 5.92 Å². The number of rotatable bonds is 3. The molecule has 3 rings (SSSR count). The van der Waals surface area contributed by atoms with E-state index in [1.165, 1.54) is 5.56 Å². The molecule has 1 amide bonds. The summed E-state index contributed by atoms with van der Waals surface area (Å²) in [6, 6.07) is 6.04. The van der Waals surface area contributed by atoms with Crippen LogP contribution >= 0.6 is 0 Å². The third kappa shape index (κ3) is 3.02. The maximum atomic E-state index is 12.3. The van der Waals surface area contributed by atoms with Gasteiger partial charge >= 0.3 is 0 Å². The molecule has 2 N–H and O–H groups in total. The monoisotopic (exact) mass is 301 g/mol. The molecular formula is C18H23NO3. The average Bonchev–Trinajstić information content (AvgIpc) is 2.91. The minimum atomic E-state index is -0.140. The van der Waals surface area contributed by atoms with Gasteiger partial charge in [0.1, 0.15) is 5.58 Å². The van der Waals surface area contributed by atoms with E-state index in [0.29, 0.717) is 11.7 Å². The Kier molecular flexibility index (Phi) is 4.21. The van der Waals surface area contributed by atoms with Crippen LogP contribution in [-0.2, 0) is 0 Å². The topological polar surface area (TPSA) is 62.5 Å². The predicted molar refractivity (Wildman–Crippen MR) is 86.0 cm³/mol. The highest BCUT2D eigenvalue weighted by Crippen LogP contribution is 2.26. The van der Waals surface area contributed by atoms with E-state index in [1.54, 1.807) is 0 Å². The molecule has 1 aromatic carbocycles. The summed E-state index contributed by atoms with van der Waals surface area (Å²) in [6.07, 6.45) is 3.80. The van der Waals surface area contributed by atoms with Gasteiger partial charge in [0.25, 0.3) is 5.91 Å². The fourth-order valence-corrected chi connectivity index (χ4v) is 3.16. The lowest BCUT2D eigenvalue weighted by Gasteiger charge is -2.27. The Hall–Kier alpha value is -1.81. The highest BCUT2D eigenvalue weighted by Gasteiger charge is 2.23. The van der Waals surface area contributed by atoms with E-state index in [9.17, 15) is 4.79 Å². The molecule has 4 nitrogen and oxygen atoms in total. The Labute approximate surface area is 130 Å². The fourth-order valence-electron chi connectivity index (χ4n) is 3.16. The highest BCUT2D eigenvalue weighted by molar-refractivity contribution is 5.96. The van der Waals surface area contributed by atoms with Crippen LogP contribution in [0.15, 0.2) is 22.6 Å². The summed E-state index contributed by atoms with van der Waals surface area (Å²) in [6.45, 7) is 4.35. The molecule has 22 heavy (non-hydrogen) atoms. The number of aryl methyl sites for hydroxylation is 2. The summed E-state index contributed by atoms with van der Waals surface area (Å²) in [5.41, 5.74) is 3.12. The first-order valence-electron chi connectivity index (χ1n) is 7.99. The zero-order valence-electron chi connectivity index (χ0n) is 13.2. The second-order valence-corrected chi connectivity index (χ2v) is 6.46. The van der Waals surface area contributed by atoms with Gasteiger partial charge in [-0.15, -0.1) is 0 Å². The van der Waals surface area contributed by atoms with E-state index in [2.05, 4.69) is 18.3 Å². The average molecular weight is 301 g/mol. The van der Waals surface area contributed by atoms with Gasteiger partial charge in [0, 0.05) is 18.0 Å².